The maximum Gasteiger partial charge on any atom is 0.136 e. The molecule has 5 N–H and O–H groups in total. The Balaban J connectivity index is 1.87. The molecule has 1 aliphatic carbocycles. The number of hydrogen-bond donors (Lipinski definition) is 4. The quantitative estimate of drug-likeness (QED) is 0.158. The van der Waals surface area contributed by atoms with Crippen LogP contribution in [0.15, 0.2) is 127 Å². The minimum Gasteiger partial charge on any atom is -0.399 e. The lowest BCUT2D eigenvalue weighted by atomic mass is 9.97. The largest absolute Gasteiger partial charge is 0.399 e. The first-order chi connectivity index (χ1) is 20.5. The normalized spacial score (nSPS) is 14.6. The van der Waals surface area contributed by atoms with Crippen LogP contribution < -0.4 is 21.7 Å². The molecule has 0 spiro atoms. The molecule has 1 aromatic carbocycles. The number of nitrogens with zero attached hydrogens (tertiary/aromatic N) is 1. The van der Waals surface area contributed by atoms with E-state index in [-0.39, 0.29) is 29.1 Å². The molecule has 0 unspecified atom stereocenters. The van der Waals surface area contributed by atoms with Gasteiger partial charge in [-0.2, -0.15) is 0 Å². The van der Waals surface area contributed by atoms with Gasteiger partial charge in [-0.05, 0) is 99.2 Å². The smallest absolute Gasteiger partial charge is 0.136 e. The summed E-state index contributed by atoms with van der Waals surface area (Å²) in [7, 11) is 1.81. The fourth-order valence-corrected chi connectivity index (χ4v) is 4.67. The van der Waals surface area contributed by atoms with Crippen molar-refractivity contribution < 1.29 is 8.78 Å². The molecule has 1 aliphatic rings. The molecule has 1 fully saturated rings. The third-order valence-corrected chi connectivity index (χ3v) is 7.32. The van der Waals surface area contributed by atoms with Crippen LogP contribution in [0.4, 0.5) is 14.5 Å². The average molecular weight is 584 g/mol. The molecule has 0 saturated heterocycles. The van der Waals surface area contributed by atoms with Gasteiger partial charge in [-0.25, -0.2) is 8.78 Å². The summed E-state index contributed by atoms with van der Waals surface area (Å²) in [6, 6.07) is 4.92. The summed E-state index contributed by atoms with van der Waals surface area (Å²) in [6.45, 7) is 22.2. The van der Waals surface area contributed by atoms with Crippen molar-refractivity contribution in [2.24, 2.45) is 11.7 Å². The van der Waals surface area contributed by atoms with E-state index in [2.05, 4.69) is 47.3 Å². The van der Waals surface area contributed by atoms with Gasteiger partial charge in [-0.15, -0.1) is 0 Å². The van der Waals surface area contributed by atoms with Crippen molar-refractivity contribution in [2.45, 2.75) is 46.6 Å². The molecule has 3 rings (SSSR count). The van der Waals surface area contributed by atoms with Gasteiger partial charge in [0.05, 0.1) is 11.9 Å². The number of aromatic nitrogens is 1. The molecule has 1 heterocycles. The summed E-state index contributed by atoms with van der Waals surface area (Å²) < 4.78 is 30.5. The average Bonchev–Trinajstić information content (AvgIpc) is 3.84. The van der Waals surface area contributed by atoms with Crippen LogP contribution in [0.1, 0.15) is 44.2 Å². The first-order valence-corrected chi connectivity index (χ1v) is 14.3. The minimum atomic E-state index is -0.534. The van der Waals surface area contributed by atoms with E-state index < -0.39 is 5.83 Å². The predicted octanol–water partition coefficient (Wildman–Crippen LogP) is 8.40. The summed E-state index contributed by atoms with van der Waals surface area (Å²) in [5.74, 6) is -0.398. The first-order valence-electron chi connectivity index (χ1n) is 14.3. The Morgan fingerprint density at radius 3 is 2.44 bits per heavy atom. The highest BCUT2D eigenvalue weighted by Gasteiger charge is 2.25. The molecule has 226 valence electrons. The summed E-state index contributed by atoms with van der Waals surface area (Å²) in [6.07, 6.45) is 12.6. The highest BCUT2D eigenvalue weighted by atomic mass is 19.1. The van der Waals surface area contributed by atoms with Crippen LogP contribution in [0.2, 0.25) is 0 Å². The van der Waals surface area contributed by atoms with E-state index in [0.717, 1.165) is 35.2 Å². The fourth-order valence-electron chi connectivity index (χ4n) is 4.67. The molecular formula is C36H43F2N5. The molecule has 0 aliphatic heterocycles. The van der Waals surface area contributed by atoms with Crippen molar-refractivity contribution >= 4 is 5.69 Å². The molecule has 7 heteroatoms. The van der Waals surface area contributed by atoms with E-state index in [0.29, 0.717) is 40.7 Å². The zero-order valence-electron chi connectivity index (χ0n) is 25.7. The van der Waals surface area contributed by atoms with Crippen molar-refractivity contribution in [2.75, 3.05) is 12.4 Å². The van der Waals surface area contributed by atoms with Gasteiger partial charge in [0.2, 0.25) is 0 Å². The molecule has 0 bridgehead atoms. The number of nitrogens with one attached hydrogen (secondary N) is 3. The molecular weight excluding hydrogens is 540 g/mol. The second-order valence-corrected chi connectivity index (χ2v) is 10.6. The monoisotopic (exact) mass is 583 g/mol. The number of rotatable bonds is 15. The Kier molecular flexibility index (Phi) is 11.6. The lowest BCUT2D eigenvalue weighted by molar-refractivity contribution is 0.624. The van der Waals surface area contributed by atoms with E-state index >= 15 is 4.39 Å². The number of benzene rings is 1. The second kappa shape index (κ2) is 15.1. The second-order valence-electron chi connectivity index (χ2n) is 10.6. The lowest BCUT2D eigenvalue weighted by Crippen LogP contribution is -2.12. The van der Waals surface area contributed by atoms with Crippen LogP contribution in [-0.4, -0.2) is 12.0 Å². The van der Waals surface area contributed by atoms with Gasteiger partial charge < -0.3 is 21.7 Å². The lowest BCUT2D eigenvalue weighted by Gasteiger charge is -2.18. The van der Waals surface area contributed by atoms with E-state index in [1.54, 1.807) is 43.6 Å². The Labute approximate surface area is 255 Å². The van der Waals surface area contributed by atoms with Gasteiger partial charge in [0.25, 0.3) is 0 Å². The van der Waals surface area contributed by atoms with Gasteiger partial charge in [0, 0.05) is 58.7 Å². The predicted molar refractivity (Wildman–Crippen MR) is 177 cm³/mol. The van der Waals surface area contributed by atoms with Crippen molar-refractivity contribution in [1.29, 1.82) is 0 Å². The topological polar surface area (TPSA) is 75.0 Å². The number of nitrogens with two attached hydrogens (primary N) is 1. The molecule has 0 amide bonds. The summed E-state index contributed by atoms with van der Waals surface area (Å²) >= 11 is 0. The zero-order valence-corrected chi connectivity index (χ0v) is 25.7. The van der Waals surface area contributed by atoms with Crippen molar-refractivity contribution in [3.05, 3.63) is 143 Å². The Bertz CT molecular complexity index is 1540. The standard InChI is InChI=1S/C36H43F2N5/c1-9-27(18-31(10-2)43-25(7)28-12-13-28)23(5)36(38)32(34(39)11-3)14-22(4)42-35-21-41-20-33(24(35)6)29-15-26(19-40-8)16-30(37)17-29/h9-11,15-18,20-21,28,40,42-43H,2,4-5,7,12-14,19,39H2,1,3,6,8H3/b27-9+,31-18+,34-11+,36-32+. The third kappa shape index (κ3) is 8.75. The van der Waals surface area contributed by atoms with Gasteiger partial charge in [0.1, 0.15) is 11.6 Å². The van der Waals surface area contributed by atoms with E-state index in [9.17, 15) is 4.39 Å². The minimum absolute atomic E-state index is 0.0999. The highest BCUT2D eigenvalue weighted by Crippen LogP contribution is 2.35. The molecule has 43 heavy (non-hydrogen) atoms. The van der Waals surface area contributed by atoms with E-state index in [1.165, 1.54) is 12.1 Å². The van der Waals surface area contributed by atoms with Crippen LogP contribution in [0, 0.1) is 18.7 Å². The number of pyridine rings is 1. The van der Waals surface area contributed by atoms with Crippen molar-refractivity contribution in [3.8, 4) is 11.1 Å². The number of allylic oxidation sites excluding steroid dienone is 10. The van der Waals surface area contributed by atoms with E-state index in [4.69, 9.17) is 5.73 Å². The molecule has 0 atom stereocenters. The maximum atomic E-state index is 16.1. The summed E-state index contributed by atoms with van der Waals surface area (Å²) in [4.78, 5) is 4.37. The van der Waals surface area contributed by atoms with Crippen molar-refractivity contribution in [1.82, 2.24) is 15.6 Å². The molecule has 1 saturated carbocycles. The number of halogens is 2. The first kappa shape index (κ1) is 33.0. The van der Waals surface area contributed by atoms with Crippen LogP contribution in [0.25, 0.3) is 11.1 Å². The number of hydrogen-bond acceptors (Lipinski definition) is 5. The Morgan fingerprint density at radius 2 is 1.84 bits per heavy atom. The Morgan fingerprint density at radius 1 is 1.12 bits per heavy atom. The molecule has 1 aromatic heterocycles. The van der Waals surface area contributed by atoms with Crippen LogP contribution in [0.3, 0.4) is 0 Å². The number of anilines is 1. The zero-order chi connectivity index (χ0) is 31.7. The SMILES string of the molecule is C=C/C(=C\C(=C/C)C(=C)/C(F)=C(CC(=C)Nc1cncc(-c2cc(F)cc(CNC)c2)c1C)\C(N)=C/C)NC(=C)C1CC1. The summed E-state index contributed by atoms with van der Waals surface area (Å²) in [5.41, 5.74) is 13.6. The van der Waals surface area contributed by atoms with Crippen LogP contribution in [-0.2, 0) is 6.54 Å². The highest BCUT2D eigenvalue weighted by molar-refractivity contribution is 5.73. The van der Waals surface area contributed by atoms with Gasteiger partial charge in [-0.1, -0.05) is 38.5 Å². The molecule has 2 aromatic rings. The van der Waals surface area contributed by atoms with Gasteiger partial charge >= 0.3 is 0 Å². The third-order valence-electron chi connectivity index (χ3n) is 7.32. The van der Waals surface area contributed by atoms with Crippen molar-refractivity contribution in [3.63, 3.8) is 0 Å². The summed E-state index contributed by atoms with van der Waals surface area (Å²) in [5, 5.41) is 9.59. The maximum absolute atomic E-state index is 16.1. The van der Waals surface area contributed by atoms with Gasteiger partial charge in [-0.3, -0.25) is 4.98 Å². The Hall–Kier alpha value is -4.49. The van der Waals surface area contributed by atoms with Crippen LogP contribution in [0.5, 0.6) is 0 Å². The van der Waals surface area contributed by atoms with Gasteiger partial charge in [0.15, 0.2) is 0 Å². The van der Waals surface area contributed by atoms with Crippen LogP contribution >= 0.6 is 0 Å². The molecule has 5 nitrogen and oxygen atoms in total. The van der Waals surface area contributed by atoms with E-state index in [1.807, 2.05) is 27.0 Å². The molecule has 0 radical (unpaired) electrons. The fraction of sp³-hybridized carbons (Fsp3) is 0.250.